The van der Waals surface area contributed by atoms with Crippen molar-refractivity contribution in [3.63, 3.8) is 0 Å². The minimum atomic E-state index is 0.0583. The summed E-state index contributed by atoms with van der Waals surface area (Å²) < 4.78 is 3.09. The lowest BCUT2D eigenvalue weighted by molar-refractivity contribution is 0.542. The van der Waals surface area contributed by atoms with Gasteiger partial charge >= 0.3 is 0 Å². The van der Waals surface area contributed by atoms with Crippen LogP contribution in [0.15, 0.2) is 22.9 Å². The summed E-state index contributed by atoms with van der Waals surface area (Å²) >= 11 is 3.50. The van der Waals surface area contributed by atoms with Crippen molar-refractivity contribution in [1.29, 1.82) is 0 Å². The van der Waals surface area contributed by atoms with Crippen molar-refractivity contribution >= 4 is 21.4 Å². The monoisotopic (exact) mass is 266 g/mol. The predicted molar refractivity (Wildman–Crippen MR) is 66.3 cm³/mol. The molecule has 0 saturated carbocycles. The summed E-state index contributed by atoms with van der Waals surface area (Å²) in [7, 11) is 0. The molecule has 2 rings (SSSR count). The van der Waals surface area contributed by atoms with E-state index in [4.69, 9.17) is 0 Å². The lowest BCUT2D eigenvalue weighted by atomic mass is 9.96. The van der Waals surface area contributed by atoms with Gasteiger partial charge in [0.15, 0.2) is 0 Å². The molecule has 0 aliphatic heterocycles. The van der Waals surface area contributed by atoms with Gasteiger partial charge in [0, 0.05) is 11.6 Å². The minimum Gasteiger partial charge on any atom is -0.302 e. The Morgan fingerprint density at radius 1 is 1.27 bits per heavy atom. The van der Waals surface area contributed by atoms with Crippen LogP contribution in [0.4, 0.5) is 0 Å². The highest BCUT2D eigenvalue weighted by atomic mass is 79.9. The number of aromatic nitrogens is 2. The number of imidazole rings is 1. The topological polar surface area (TPSA) is 17.3 Å². The molecule has 0 aromatic carbocycles. The smallest absolute Gasteiger partial charge is 0.132 e. The molecular weight excluding hydrogens is 252 g/mol. The van der Waals surface area contributed by atoms with Crippen LogP contribution >= 0.6 is 15.9 Å². The van der Waals surface area contributed by atoms with Gasteiger partial charge in [0.2, 0.25) is 0 Å². The first-order chi connectivity index (χ1) is 6.89. The van der Waals surface area contributed by atoms with E-state index in [-0.39, 0.29) is 5.41 Å². The van der Waals surface area contributed by atoms with Gasteiger partial charge in [-0.15, -0.1) is 0 Å². The van der Waals surface area contributed by atoms with Gasteiger partial charge in [-0.2, -0.15) is 0 Å². The highest BCUT2D eigenvalue weighted by Crippen LogP contribution is 2.27. The van der Waals surface area contributed by atoms with Crippen LogP contribution in [0.1, 0.15) is 32.2 Å². The number of hydrogen-bond donors (Lipinski definition) is 0. The molecule has 2 aromatic heterocycles. The molecular formula is C12H15BrN2. The lowest BCUT2D eigenvalue weighted by Crippen LogP contribution is -2.15. The quantitative estimate of drug-likeness (QED) is 0.711. The minimum absolute atomic E-state index is 0.0583. The first-order valence-corrected chi connectivity index (χ1v) is 5.83. The third kappa shape index (κ3) is 1.81. The molecule has 3 heteroatoms. The molecule has 2 heterocycles. The molecule has 0 fully saturated rings. The van der Waals surface area contributed by atoms with Gasteiger partial charge in [0.05, 0.1) is 5.52 Å². The van der Waals surface area contributed by atoms with Crippen LogP contribution in [0.2, 0.25) is 0 Å². The van der Waals surface area contributed by atoms with Gasteiger partial charge in [-0.3, -0.25) is 0 Å². The SMILES string of the molecule is Cc1ccc2c(Br)nc(C(C)(C)C)n2c1. The van der Waals surface area contributed by atoms with E-state index in [9.17, 15) is 0 Å². The van der Waals surface area contributed by atoms with E-state index in [0.29, 0.717) is 0 Å². The summed E-state index contributed by atoms with van der Waals surface area (Å²) in [5, 5.41) is 0. The Bertz CT molecular complexity index is 506. The molecule has 0 spiro atoms. The summed E-state index contributed by atoms with van der Waals surface area (Å²) in [6.45, 7) is 8.63. The Balaban J connectivity index is 2.81. The summed E-state index contributed by atoms with van der Waals surface area (Å²) in [5.74, 6) is 1.09. The molecule has 0 aliphatic rings. The second-order valence-electron chi connectivity index (χ2n) is 4.94. The van der Waals surface area contributed by atoms with E-state index in [1.165, 1.54) is 5.56 Å². The van der Waals surface area contributed by atoms with Crippen molar-refractivity contribution in [3.05, 3.63) is 34.3 Å². The zero-order valence-corrected chi connectivity index (χ0v) is 11.1. The number of rotatable bonds is 0. The van der Waals surface area contributed by atoms with Crippen molar-refractivity contribution < 1.29 is 0 Å². The van der Waals surface area contributed by atoms with Gasteiger partial charge in [-0.1, -0.05) is 26.8 Å². The fourth-order valence-electron chi connectivity index (χ4n) is 1.68. The first-order valence-electron chi connectivity index (χ1n) is 5.04. The van der Waals surface area contributed by atoms with E-state index in [1.807, 2.05) is 0 Å². The first kappa shape index (κ1) is 10.7. The molecule has 0 radical (unpaired) electrons. The number of pyridine rings is 1. The maximum atomic E-state index is 4.58. The van der Waals surface area contributed by atoms with Gasteiger partial charge in [-0.05, 0) is 34.5 Å². The number of aryl methyl sites for hydroxylation is 1. The Morgan fingerprint density at radius 2 is 1.93 bits per heavy atom. The largest absolute Gasteiger partial charge is 0.302 e. The summed E-state index contributed by atoms with van der Waals surface area (Å²) in [5.41, 5.74) is 2.44. The van der Waals surface area contributed by atoms with Crippen LogP contribution < -0.4 is 0 Å². The fourth-order valence-corrected chi connectivity index (χ4v) is 2.17. The van der Waals surface area contributed by atoms with E-state index in [0.717, 1.165) is 15.9 Å². The molecule has 0 unspecified atom stereocenters. The zero-order valence-electron chi connectivity index (χ0n) is 9.50. The number of halogens is 1. The Hall–Kier alpha value is -0.830. The highest BCUT2D eigenvalue weighted by molar-refractivity contribution is 9.10. The third-order valence-electron chi connectivity index (χ3n) is 2.41. The van der Waals surface area contributed by atoms with Crippen LogP contribution in [-0.4, -0.2) is 9.38 Å². The maximum absolute atomic E-state index is 4.58. The molecule has 0 amide bonds. The summed E-state index contributed by atoms with van der Waals surface area (Å²) in [6, 6.07) is 4.20. The average Bonchev–Trinajstić information content (AvgIpc) is 2.42. The predicted octanol–water partition coefficient (Wildman–Crippen LogP) is 3.70. The molecule has 0 N–H and O–H groups in total. The van der Waals surface area contributed by atoms with E-state index >= 15 is 0 Å². The van der Waals surface area contributed by atoms with Crippen LogP contribution in [0.3, 0.4) is 0 Å². The van der Waals surface area contributed by atoms with Gasteiger partial charge < -0.3 is 4.40 Å². The highest BCUT2D eigenvalue weighted by Gasteiger charge is 2.21. The molecule has 2 nitrogen and oxygen atoms in total. The van der Waals surface area contributed by atoms with E-state index in [1.54, 1.807) is 0 Å². The van der Waals surface area contributed by atoms with Gasteiger partial charge in [0.25, 0.3) is 0 Å². The Labute approximate surface area is 98.5 Å². The summed E-state index contributed by atoms with van der Waals surface area (Å²) in [6.07, 6.45) is 2.13. The molecule has 0 saturated heterocycles. The van der Waals surface area contributed by atoms with Crippen molar-refractivity contribution in [2.45, 2.75) is 33.1 Å². The van der Waals surface area contributed by atoms with Crippen LogP contribution in [0, 0.1) is 6.92 Å². The number of nitrogens with zero attached hydrogens (tertiary/aromatic N) is 2. The molecule has 0 aliphatic carbocycles. The molecule has 0 atom stereocenters. The number of fused-ring (bicyclic) bond motifs is 1. The van der Waals surface area contributed by atoms with Gasteiger partial charge in [0.1, 0.15) is 10.4 Å². The second-order valence-corrected chi connectivity index (χ2v) is 5.69. The van der Waals surface area contributed by atoms with Crippen molar-refractivity contribution in [2.24, 2.45) is 0 Å². The third-order valence-corrected chi connectivity index (χ3v) is 2.99. The van der Waals surface area contributed by atoms with E-state index < -0.39 is 0 Å². The van der Waals surface area contributed by atoms with Crippen LogP contribution in [0.25, 0.3) is 5.52 Å². The Kier molecular flexibility index (Phi) is 2.38. The van der Waals surface area contributed by atoms with Crippen molar-refractivity contribution in [1.82, 2.24) is 9.38 Å². The van der Waals surface area contributed by atoms with Crippen LogP contribution in [0.5, 0.6) is 0 Å². The normalized spacial score (nSPS) is 12.3. The van der Waals surface area contributed by atoms with E-state index in [2.05, 4.69) is 71.3 Å². The molecule has 80 valence electrons. The standard InChI is InChI=1S/C12H15BrN2/c1-8-5-6-9-10(13)14-11(12(2,3)4)15(9)7-8/h5-7H,1-4H3. The average molecular weight is 267 g/mol. The molecule has 15 heavy (non-hydrogen) atoms. The number of hydrogen-bond acceptors (Lipinski definition) is 1. The van der Waals surface area contributed by atoms with Crippen LogP contribution in [-0.2, 0) is 5.41 Å². The van der Waals surface area contributed by atoms with Crippen molar-refractivity contribution in [2.75, 3.05) is 0 Å². The zero-order chi connectivity index (χ0) is 11.2. The van der Waals surface area contributed by atoms with Crippen molar-refractivity contribution in [3.8, 4) is 0 Å². The maximum Gasteiger partial charge on any atom is 0.132 e. The molecule has 2 aromatic rings. The fraction of sp³-hybridized carbons (Fsp3) is 0.417. The Morgan fingerprint density at radius 3 is 2.53 bits per heavy atom. The van der Waals surface area contributed by atoms with Gasteiger partial charge in [-0.25, -0.2) is 4.98 Å². The summed E-state index contributed by atoms with van der Waals surface area (Å²) in [4.78, 5) is 4.58. The second kappa shape index (κ2) is 3.34. The lowest BCUT2D eigenvalue weighted by Gasteiger charge is -2.16. The molecule has 0 bridgehead atoms.